The molecular weight excluding hydrogens is 328 g/mol. The number of carbonyl (C=O) groups excluding carboxylic acids is 2. The maximum Gasteiger partial charge on any atom is 0.303 e. The minimum atomic E-state index is -0.832. The van der Waals surface area contributed by atoms with Crippen LogP contribution in [0.2, 0.25) is 0 Å². The smallest absolute Gasteiger partial charge is 0.303 e. The molecule has 1 saturated heterocycles. The molecule has 2 N–H and O–H groups in total. The number of benzene rings is 1. The first kappa shape index (κ1) is 16.8. The van der Waals surface area contributed by atoms with E-state index in [0.29, 0.717) is 30.0 Å². The molecule has 1 fully saturated rings. The Labute approximate surface area is 144 Å². The van der Waals surface area contributed by atoms with Crippen molar-refractivity contribution in [3.63, 3.8) is 0 Å². The number of nitrogens with one attached hydrogen (secondary N) is 1. The fourth-order valence-electron chi connectivity index (χ4n) is 3.24. The summed E-state index contributed by atoms with van der Waals surface area (Å²) in [4.78, 5) is 38.0. The van der Waals surface area contributed by atoms with Crippen molar-refractivity contribution in [3.05, 3.63) is 23.8 Å². The van der Waals surface area contributed by atoms with Crippen molar-refractivity contribution in [2.45, 2.75) is 43.0 Å². The van der Waals surface area contributed by atoms with Gasteiger partial charge in [-0.1, -0.05) is 0 Å². The first-order valence-corrected chi connectivity index (χ1v) is 9.12. The Morgan fingerprint density at radius 3 is 2.96 bits per heavy atom. The Balaban J connectivity index is 1.77. The van der Waals surface area contributed by atoms with Crippen LogP contribution in [0.1, 0.15) is 42.5 Å². The third-order valence-corrected chi connectivity index (χ3v) is 5.51. The Kier molecular flexibility index (Phi) is 5.08. The van der Waals surface area contributed by atoms with Crippen LogP contribution in [0.3, 0.4) is 0 Å². The summed E-state index contributed by atoms with van der Waals surface area (Å²) in [5.74, 6) is -0.586. The largest absolute Gasteiger partial charge is 0.481 e. The van der Waals surface area contributed by atoms with Crippen LogP contribution < -0.4 is 5.32 Å². The fourth-order valence-corrected chi connectivity index (χ4v) is 4.03. The van der Waals surface area contributed by atoms with Gasteiger partial charge in [-0.3, -0.25) is 14.4 Å². The molecule has 1 aromatic carbocycles. The van der Waals surface area contributed by atoms with Crippen LogP contribution in [0.25, 0.3) is 0 Å². The topological polar surface area (TPSA) is 86.7 Å². The number of aliphatic carboxylic acids is 1. The van der Waals surface area contributed by atoms with Crippen LogP contribution in [0.4, 0.5) is 5.69 Å². The Bertz CT molecular complexity index is 677. The second kappa shape index (κ2) is 7.25. The van der Waals surface area contributed by atoms with Gasteiger partial charge in [0.05, 0.1) is 11.4 Å². The molecule has 3 rings (SSSR count). The quantitative estimate of drug-likeness (QED) is 0.873. The molecule has 2 amide bonds. The molecule has 0 saturated carbocycles. The molecule has 0 bridgehead atoms. The molecule has 2 heterocycles. The second-order valence-electron chi connectivity index (χ2n) is 6.13. The first-order chi connectivity index (χ1) is 11.5. The number of nitrogens with zero attached hydrogens (tertiary/aromatic N) is 1. The lowest BCUT2D eigenvalue weighted by molar-refractivity contribution is -0.137. The molecule has 128 valence electrons. The predicted molar refractivity (Wildman–Crippen MR) is 91.3 cm³/mol. The minimum absolute atomic E-state index is 0.0256. The summed E-state index contributed by atoms with van der Waals surface area (Å²) in [6.07, 6.45) is 3.36. The standard InChI is InChI=1S/C17H20N2O4S/c20-15-10-24-14-6-4-11(9-13(14)18-15)17(23)19-8-2-1-3-12(19)5-7-16(21)22/h4,6,9,12H,1-3,5,7-8,10H2,(H,18,20)(H,21,22)/t12-/m0/s1. The van der Waals surface area contributed by atoms with Gasteiger partial charge in [-0.2, -0.15) is 0 Å². The number of rotatable bonds is 4. The van der Waals surface area contributed by atoms with E-state index in [9.17, 15) is 14.4 Å². The van der Waals surface area contributed by atoms with E-state index in [1.54, 1.807) is 17.0 Å². The van der Waals surface area contributed by atoms with Gasteiger partial charge in [0, 0.05) is 29.5 Å². The highest BCUT2D eigenvalue weighted by Gasteiger charge is 2.28. The van der Waals surface area contributed by atoms with Crippen molar-refractivity contribution < 1.29 is 19.5 Å². The van der Waals surface area contributed by atoms with E-state index < -0.39 is 5.97 Å². The number of anilines is 1. The van der Waals surface area contributed by atoms with Gasteiger partial charge in [0.1, 0.15) is 0 Å². The molecule has 2 aliphatic heterocycles. The van der Waals surface area contributed by atoms with Crippen LogP contribution in [-0.2, 0) is 9.59 Å². The molecule has 0 aromatic heterocycles. The molecule has 0 aliphatic carbocycles. The molecule has 24 heavy (non-hydrogen) atoms. The first-order valence-electron chi connectivity index (χ1n) is 8.14. The fraction of sp³-hybridized carbons (Fsp3) is 0.471. The van der Waals surface area contributed by atoms with Crippen LogP contribution in [0.15, 0.2) is 23.1 Å². The van der Waals surface area contributed by atoms with Crippen molar-refractivity contribution in [3.8, 4) is 0 Å². The van der Waals surface area contributed by atoms with Crippen molar-refractivity contribution >= 4 is 35.2 Å². The van der Waals surface area contributed by atoms with E-state index in [0.717, 1.165) is 24.2 Å². The Hall–Kier alpha value is -2.02. The number of hydrogen-bond donors (Lipinski definition) is 2. The monoisotopic (exact) mass is 348 g/mol. The van der Waals surface area contributed by atoms with Crippen molar-refractivity contribution in [2.75, 3.05) is 17.6 Å². The number of thioether (sulfide) groups is 1. The van der Waals surface area contributed by atoms with Gasteiger partial charge < -0.3 is 15.3 Å². The zero-order chi connectivity index (χ0) is 17.1. The lowest BCUT2D eigenvalue weighted by atomic mass is 9.97. The predicted octanol–water partition coefficient (Wildman–Crippen LogP) is 2.59. The maximum absolute atomic E-state index is 12.9. The normalized spacial score (nSPS) is 20.2. The summed E-state index contributed by atoms with van der Waals surface area (Å²) in [6, 6.07) is 5.35. The van der Waals surface area contributed by atoms with E-state index in [2.05, 4.69) is 5.32 Å². The highest BCUT2D eigenvalue weighted by molar-refractivity contribution is 8.00. The van der Waals surface area contributed by atoms with Crippen molar-refractivity contribution in [1.82, 2.24) is 4.90 Å². The van der Waals surface area contributed by atoms with Crippen LogP contribution in [0.5, 0.6) is 0 Å². The van der Waals surface area contributed by atoms with Gasteiger partial charge >= 0.3 is 5.97 Å². The highest BCUT2D eigenvalue weighted by atomic mass is 32.2. The van der Waals surface area contributed by atoms with Crippen LogP contribution >= 0.6 is 11.8 Å². The lowest BCUT2D eigenvalue weighted by Crippen LogP contribution is -2.44. The molecule has 2 aliphatic rings. The number of carbonyl (C=O) groups is 3. The van der Waals surface area contributed by atoms with Gasteiger partial charge in [0.25, 0.3) is 5.91 Å². The molecule has 1 aromatic rings. The van der Waals surface area contributed by atoms with Crippen LogP contribution in [-0.4, -0.2) is 46.1 Å². The van der Waals surface area contributed by atoms with Crippen molar-refractivity contribution in [1.29, 1.82) is 0 Å². The molecule has 1 atom stereocenters. The zero-order valence-corrected chi connectivity index (χ0v) is 14.1. The zero-order valence-electron chi connectivity index (χ0n) is 13.3. The highest BCUT2D eigenvalue weighted by Crippen LogP contribution is 2.33. The Morgan fingerprint density at radius 1 is 1.33 bits per heavy atom. The average Bonchev–Trinajstić information content (AvgIpc) is 2.59. The minimum Gasteiger partial charge on any atom is -0.481 e. The van der Waals surface area contributed by atoms with Crippen LogP contribution in [0, 0.1) is 0 Å². The summed E-state index contributed by atoms with van der Waals surface area (Å²) in [5, 5.41) is 11.7. The summed E-state index contributed by atoms with van der Waals surface area (Å²) >= 11 is 1.46. The summed E-state index contributed by atoms with van der Waals surface area (Å²) in [7, 11) is 0. The van der Waals surface area contributed by atoms with Gasteiger partial charge in [-0.25, -0.2) is 0 Å². The molecule has 0 spiro atoms. The van der Waals surface area contributed by atoms with Gasteiger partial charge in [-0.15, -0.1) is 11.8 Å². The number of hydrogen-bond acceptors (Lipinski definition) is 4. The van der Waals surface area contributed by atoms with Crippen molar-refractivity contribution in [2.24, 2.45) is 0 Å². The molecule has 0 unspecified atom stereocenters. The van der Waals surface area contributed by atoms with E-state index in [4.69, 9.17) is 5.11 Å². The third-order valence-electron chi connectivity index (χ3n) is 4.44. The molecular formula is C17H20N2O4S. The average molecular weight is 348 g/mol. The Morgan fingerprint density at radius 2 is 2.17 bits per heavy atom. The number of fused-ring (bicyclic) bond motifs is 1. The van der Waals surface area contributed by atoms with E-state index >= 15 is 0 Å². The van der Waals surface area contributed by atoms with Gasteiger partial charge in [-0.05, 0) is 43.9 Å². The second-order valence-corrected chi connectivity index (χ2v) is 7.15. The number of carboxylic acids is 1. The van der Waals surface area contributed by atoms with E-state index in [1.165, 1.54) is 11.8 Å². The summed E-state index contributed by atoms with van der Waals surface area (Å²) < 4.78 is 0. The summed E-state index contributed by atoms with van der Waals surface area (Å²) in [5.41, 5.74) is 1.22. The third kappa shape index (κ3) is 3.72. The molecule has 0 radical (unpaired) electrons. The number of likely N-dealkylation sites (tertiary alicyclic amines) is 1. The lowest BCUT2D eigenvalue weighted by Gasteiger charge is -2.36. The molecule has 7 heteroatoms. The summed E-state index contributed by atoms with van der Waals surface area (Å²) in [6.45, 7) is 0.654. The maximum atomic E-state index is 12.9. The van der Waals surface area contributed by atoms with E-state index in [-0.39, 0.29) is 24.3 Å². The SMILES string of the molecule is O=C(O)CC[C@@H]1CCCCN1C(=O)c1ccc2c(c1)NC(=O)CS2. The van der Waals surface area contributed by atoms with E-state index in [1.807, 2.05) is 6.07 Å². The molecule has 6 nitrogen and oxygen atoms in total. The van der Waals surface area contributed by atoms with Gasteiger partial charge in [0.2, 0.25) is 5.91 Å². The van der Waals surface area contributed by atoms with Gasteiger partial charge in [0.15, 0.2) is 0 Å². The number of carboxylic acid groups (broad SMARTS) is 1. The number of amides is 2. The number of piperidine rings is 1.